The van der Waals surface area contributed by atoms with Gasteiger partial charge >= 0.3 is 6.01 Å². The van der Waals surface area contributed by atoms with E-state index in [1.807, 2.05) is 44.2 Å². The number of furan rings is 1. The number of hydrogen-bond donors (Lipinski definition) is 1. The molecule has 1 saturated carbocycles. The van der Waals surface area contributed by atoms with E-state index in [-0.39, 0.29) is 17.9 Å². The summed E-state index contributed by atoms with van der Waals surface area (Å²) in [4.78, 5) is 16.5. The number of benzene rings is 1. The molecule has 0 atom stereocenters. The normalized spacial score (nSPS) is 14.2. The highest BCUT2D eigenvalue weighted by Crippen LogP contribution is 2.28. The molecular weight excluding hydrogens is 344 g/mol. The molecule has 0 saturated heterocycles. The van der Waals surface area contributed by atoms with E-state index in [0.29, 0.717) is 17.6 Å². The molecule has 1 aliphatic carbocycles. The maximum atomic E-state index is 12.1. The second-order valence-corrected chi connectivity index (χ2v) is 6.94. The predicted octanol–water partition coefficient (Wildman–Crippen LogP) is 4.05. The van der Waals surface area contributed by atoms with Crippen LogP contribution in [0.5, 0.6) is 6.01 Å². The third-order valence-electron chi connectivity index (χ3n) is 4.53. The Bertz CT molecular complexity index is 909. The van der Waals surface area contributed by atoms with Crippen LogP contribution in [0.2, 0.25) is 0 Å². The van der Waals surface area contributed by atoms with Gasteiger partial charge in [-0.05, 0) is 63.1 Å². The molecule has 0 bridgehead atoms. The molecule has 1 aliphatic rings. The van der Waals surface area contributed by atoms with Crippen LogP contribution in [0.4, 0.5) is 5.69 Å². The molecule has 27 heavy (non-hydrogen) atoms. The van der Waals surface area contributed by atoms with Crippen molar-refractivity contribution in [2.45, 2.75) is 39.2 Å². The minimum Gasteiger partial charge on any atom is -0.461 e. The van der Waals surface area contributed by atoms with E-state index in [2.05, 4.69) is 15.4 Å². The van der Waals surface area contributed by atoms with E-state index in [4.69, 9.17) is 9.15 Å². The Morgan fingerprint density at radius 3 is 2.63 bits per heavy atom. The first-order valence-corrected chi connectivity index (χ1v) is 9.19. The predicted molar refractivity (Wildman–Crippen MR) is 101 cm³/mol. The number of carbonyl (C=O) groups is 1. The molecule has 3 aromatic rings. The van der Waals surface area contributed by atoms with Crippen molar-refractivity contribution in [3.8, 4) is 23.3 Å². The van der Waals surface area contributed by atoms with Gasteiger partial charge in [0.2, 0.25) is 11.7 Å². The molecule has 0 aliphatic heterocycles. The van der Waals surface area contributed by atoms with Gasteiger partial charge in [0.05, 0.1) is 18.1 Å². The first-order chi connectivity index (χ1) is 13.1. The maximum absolute atomic E-state index is 12.1. The van der Waals surface area contributed by atoms with Crippen LogP contribution in [0.1, 0.15) is 33.1 Å². The molecule has 2 heterocycles. The van der Waals surface area contributed by atoms with Gasteiger partial charge in [0, 0.05) is 11.6 Å². The summed E-state index contributed by atoms with van der Waals surface area (Å²) in [6.07, 6.45) is 4.66. The van der Waals surface area contributed by atoms with Crippen LogP contribution < -0.4 is 10.1 Å². The average molecular weight is 366 g/mol. The largest absolute Gasteiger partial charge is 0.461 e. The van der Waals surface area contributed by atoms with Crippen molar-refractivity contribution in [2.75, 3.05) is 5.32 Å². The van der Waals surface area contributed by atoms with E-state index < -0.39 is 0 Å². The van der Waals surface area contributed by atoms with E-state index in [0.717, 1.165) is 30.6 Å². The number of nitrogens with zero attached hydrogens (tertiary/aromatic N) is 3. The smallest absolute Gasteiger partial charge is 0.336 e. The summed E-state index contributed by atoms with van der Waals surface area (Å²) in [6, 6.07) is 11.4. The molecule has 7 nitrogen and oxygen atoms in total. The Morgan fingerprint density at radius 2 is 2.04 bits per heavy atom. The summed E-state index contributed by atoms with van der Waals surface area (Å²) < 4.78 is 12.8. The Labute approximate surface area is 157 Å². The fourth-order valence-corrected chi connectivity index (χ4v) is 2.90. The van der Waals surface area contributed by atoms with Gasteiger partial charge in [-0.25, -0.2) is 4.68 Å². The van der Waals surface area contributed by atoms with E-state index in [9.17, 15) is 4.79 Å². The average Bonchev–Trinajstić information content (AvgIpc) is 3.22. The van der Waals surface area contributed by atoms with Crippen LogP contribution in [0.25, 0.3) is 17.3 Å². The number of aromatic nitrogens is 3. The van der Waals surface area contributed by atoms with Crippen LogP contribution in [0.15, 0.2) is 47.1 Å². The maximum Gasteiger partial charge on any atom is 0.336 e. The number of anilines is 1. The number of hydrogen-bond acceptors (Lipinski definition) is 5. The van der Waals surface area contributed by atoms with Gasteiger partial charge in [-0.1, -0.05) is 6.42 Å². The number of ether oxygens (including phenoxy) is 1. The summed E-state index contributed by atoms with van der Waals surface area (Å²) in [5.74, 6) is 1.41. The zero-order valence-corrected chi connectivity index (χ0v) is 15.4. The molecule has 2 aromatic heterocycles. The molecule has 1 amide bonds. The molecule has 0 spiro atoms. The van der Waals surface area contributed by atoms with Gasteiger partial charge in [-0.15, -0.1) is 5.10 Å². The van der Waals surface area contributed by atoms with Crippen LogP contribution in [-0.4, -0.2) is 26.8 Å². The Kier molecular flexibility index (Phi) is 4.66. The van der Waals surface area contributed by atoms with Crippen molar-refractivity contribution in [3.05, 3.63) is 42.7 Å². The lowest BCUT2D eigenvalue weighted by molar-refractivity contribution is -0.122. The number of carbonyl (C=O) groups excluding carboxylic acids is 1. The SMILES string of the molecule is CC(C)Oc1nc(-c2ccco2)n(-c2ccc(NC(=O)C3CCC3)cc2)n1. The van der Waals surface area contributed by atoms with Gasteiger partial charge < -0.3 is 14.5 Å². The minimum atomic E-state index is -0.0330. The molecule has 0 radical (unpaired) electrons. The first-order valence-electron chi connectivity index (χ1n) is 9.19. The van der Waals surface area contributed by atoms with Gasteiger partial charge in [0.25, 0.3) is 0 Å². The van der Waals surface area contributed by atoms with E-state index >= 15 is 0 Å². The Hall–Kier alpha value is -3.09. The zero-order chi connectivity index (χ0) is 18.8. The van der Waals surface area contributed by atoms with Crippen molar-refractivity contribution in [1.29, 1.82) is 0 Å². The molecule has 1 N–H and O–H groups in total. The van der Waals surface area contributed by atoms with Gasteiger partial charge in [-0.2, -0.15) is 4.98 Å². The number of amides is 1. The standard InChI is InChI=1S/C20H22N4O3/c1-13(2)27-20-22-18(17-7-4-12-26-17)24(23-20)16-10-8-15(9-11-16)21-19(25)14-5-3-6-14/h4,7-14H,3,5-6H2,1-2H3,(H,21,25). The van der Waals surface area contributed by atoms with Crippen molar-refractivity contribution in [2.24, 2.45) is 5.92 Å². The summed E-state index contributed by atoms with van der Waals surface area (Å²) in [5.41, 5.74) is 1.57. The van der Waals surface area contributed by atoms with E-state index in [1.54, 1.807) is 17.0 Å². The third-order valence-corrected chi connectivity index (χ3v) is 4.53. The number of nitrogens with one attached hydrogen (secondary N) is 1. The van der Waals surface area contributed by atoms with Crippen LogP contribution >= 0.6 is 0 Å². The van der Waals surface area contributed by atoms with Crippen molar-refractivity contribution in [3.63, 3.8) is 0 Å². The highest BCUT2D eigenvalue weighted by molar-refractivity contribution is 5.93. The molecule has 7 heteroatoms. The minimum absolute atomic E-state index is 0.0330. The summed E-state index contributed by atoms with van der Waals surface area (Å²) in [7, 11) is 0. The quantitative estimate of drug-likeness (QED) is 0.711. The van der Waals surface area contributed by atoms with Gasteiger partial charge in [-0.3, -0.25) is 4.79 Å². The second-order valence-electron chi connectivity index (χ2n) is 6.94. The second kappa shape index (κ2) is 7.26. The number of rotatable bonds is 6. The molecule has 140 valence electrons. The molecular formula is C20H22N4O3. The van der Waals surface area contributed by atoms with Crippen molar-refractivity contribution in [1.82, 2.24) is 14.8 Å². The lowest BCUT2D eigenvalue weighted by Gasteiger charge is -2.24. The zero-order valence-electron chi connectivity index (χ0n) is 15.4. The summed E-state index contributed by atoms with van der Waals surface area (Å²) in [6.45, 7) is 3.85. The van der Waals surface area contributed by atoms with Gasteiger partial charge in [0.1, 0.15) is 0 Å². The molecule has 0 unspecified atom stereocenters. The topological polar surface area (TPSA) is 82.2 Å². The summed E-state index contributed by atoms with van der Waals surface area (Å²) in [5, 5.41) is 7.42. The lowest BCUT2D eigenvalue weighted by atomic mass is 9.85. The Balaban J connectivity index is 1.60. The first kappa shape index (κ1) is 17.3. The van der Waals surface area contributed by atoms with Crippen molar-refractivity contribution >= 4 is 11.6 Å². The monoisotopic (exact) mass is 366 g/mol. The third kappa shape index (κ3) is 3.72. The highest BCUT2D eigenvalue weighted by atomic mass is 16.5. The Morgan fingerprint density at radius 1 is 1.26 bits per heavy atom. The van der Waals surface area contributed by atoms with Crippen LogP contribution in [0, 0.1) is 5.92 Å². The molecule has 1 aromatic carbocycles. The van der Waals surface area contributed by atoms with Crippen molar-refractivity contribution < 1.29 is 13.9 Å². The van der Waals surface area contributed by atoms with E-state index in [1.165, 1.54) is 0 Å². The fraction of sp³-hybridized carbons (Fsp3) is 0.350. The van der Waals surface area contributed by atoms with Crippen LogP contribution in [-0.2, 0) is 4.79 Å². The molecule has 1 fully saturated rings. The summed E-state index contributed by atoms with van der Waals surface area (Å²) >= 11 is 0. The lowest BCUT2D eigenvalue weighted by Crippen LogP contribution is -2.27. The van der Waals surface area contributed by atoms with Gasteiger partial charge in [0.15, 0.2) is 5.76 Å². The van der Waals surface area contributed by atoms with Crippen LogP contribution in [0.3, 0.4) is 0 Å². The fourth-order valence-electron chi connectivity index (χ4n) is 2.90. The molecule has 4 rings (SSSR count). The highest BCUT2D eigenvalue weighted by Gasteiger charge is 2.25.